The molecule has 1 aliphatic carbocycles. The first-order valence-corrected chi connectivity index (χ1v) is 11.6. The normalized spacial score (nSPS) is 25.7. The third-order valence-electron chi connectivity index (χ3n) is 6.73. The molecule has 150 valence electrons. The highest BCUT2D eigenvalue weighted by molar-refractivity contribution is 9.10. The number of fused-ring (bicyclic) bond motifs is 3. The van der Waals surface area contributed by atoms with Crippen molar-refractivity contribution >= 4 is 27.5 Å². The first-order valence-electron chi connectivity index (χ1n) is 10.8. The number of carbonyl (C=O) groups is 1. The van der Waals surface area contributed by atoms with E-state index < -0.39 is 0 Å². The Balaban J connectivity index is 1.45. The van der Waals surface area contributed by atoms with Crippen molar-refractivity contribution in [1.29, 1.82) is 0 Å². The summed E-state index contributed by atoms with van der Waals surface area (Å²) in [7, 11) is 0. The molecular formula is C25H27BrN2O. The van der Waals surface area contributed by atoms with Crippen molar-refractivity contribution < 1.29 is 4.79 Å². The summed E-state index contributed by atoms with van der Waals surface area (Å²) in [6.07, 6.45) is 10.5. The largest absolute Gasteiger partial charge is 0.378 e. The Morgan fingerprint density at radius 2 is 1.76 bits per heavy atom. The number of rotatable bonds is 2. The average Bonchev–Trinajstić information content (AvgIpc) is 3.09. The Labute approximate surface area is 181 Å². The van der Waals surface area contributed by atoms with Crippen LogP contribution in [0, 0.1) is 5.92 Å². The second-order valence-electron chi connectivity index (χ2n) is 8.54. The molecule has 29 heavy (non-hydrogen) atoms. The van der Waals surface area contributed by atoms with Crippen LogP contribution in [0.3, 0.4) is 0 Å². The van der Waals surface area contributed by atoms with E-state index >= 15 is 0 Å². The van der Waals surface area contributed by atoms with Gasteiger partial charge in [0.1, 0.15) is 0 Å². The zero-order chi connectivity index (χ0) is 19.8. The van der Waals surface area contributed by atoms with Gasteiger partial charge < -0.3 is 10.2 Å². The molecule has 2 aromatic carbocycles. The van der Waals surface area contributed by atoms with Crippen LogP contribution < -0.4 is 5.32 Å². The standard InChI is InChI=1S/C25H27BrN2O/c26-19-11-8-17(9-12-19)24-21-7-5-6-20(21)22-16-18(10-13-23(22)27-24)25(29)28-14-3-1-2-4-15-28/h5-6,8-13,16,20-21,24,27H,1-4,7,14-15H2/t20-,21+,24+/m1/s1. The fourth-order valence-corrected chi connectivity index (χ4v) is 5.45. The third-order valence-corrected chi connectivity index (χ3v) is 7.26. The molecule has 3 nitrogen and oxygen atoms in total. The maximum absolute atomic E-state index is 13.1. The topological polar surface area (TPSA) is 32.3 Å². The van der Waals surface area contributed by atoms with Gasteiger partial charge in [0.15, 0.2) is 0 Å². The SMILES string of the molecule is O=C(c1ccc2c(c1)[C@@H]1C=CC[C@@H]1[C@H](c1ccc(Br)cc1)N2)N1CCCCCC1. The smallest absolute Gasteiger partial charge is 0.253 e. The number of likely N-dealkylation sites (tertiary alicyclic amines) is 1. The van der Waals surface area contributed by atoms with Gasteiger partial charge >= 0.3 is 0 Å². The van der Waals surface area contributed by atoms with Crippen LogP contribution in [0.5, 0.6) is 0 Å². The second kappa shape index (κ2) is 7.98. The quantitative estimate of drug-likeness (QED) is 0.544. The molecule has 2 aliphatic heterocycles. The summed E-state index contributed by atoms with van der Waals surface area (Å²) in [4.78, 5) is 15.2. The van der Waals surface area contributed by atoms with E-state index in [4.69, 9.17) is 0 Å². The van der Waals surface area contributed by atoms with E-state index in [2.05, 4.69) is 74.7 Å². The van der Waals surface area contributed by atoms with Gasteiger partial charge in [-0.05, 0) is 66.6 Å². The zero-order valence-electron chi connectivity index (χ0n) is 16.6. The lowest BCUT2D eigenvalue weighted by Gasteiger charge is -2.38. The Morgan fingerprint density at radius 1 is 1.00 bits per heavy atom. The summed E-state index contributed by atoms with van der Waals surface area (Å²) in [6.45, 7) is 1.79. The lowest BCUT2D eigenvalue weighted by atomic mass is 9.76. The summed E-state index contributed by atoms with van der Waals surface area (Å²) >= 11 is 3.54. The number of benzene rings is 2. The number of halogens is 1. The van der Waals surface area contributed by atoms with Crippen molar-refractivity contribution in [2.75, 3.05) is 18.4 Å². The molecule has 1 saturated heterocycles. The van der Waals surface area contributed by atoms with Crippen LogP contribution in [-0.4, -0.2) is 23.9 Å². The van der Waals surface area contributed by atoms with Gasteiger partial charge in [-0.2, -0.15) is 0 Å². The number of hydrogen-bond donors (Lipinski definition) is 1. The zero-order valence-corrected chi connectivity index (χ0v) is 18.2. The molecule has 2 heterocycles. The maximum atomic E-state index is 13.1. The van der Waals surface area contributed by atoms with Gasteiger partial charge in [-0.25, -0.2) is 0 Å². The average molecular weight is 451 g/mol. The molecule has 5 rings (SSSR count). The van der Waals surface area contributed by atoms with E-state index in [1.54, 1.807) is 0 Å². The van der Waals surface area contributed by atoms with Gasteiger partial charge in [-0.3, -0.25) is 4.79 Å². The lowest BCUT2D eigenvalue weighted by Crippen LogP contribution is -2.33. The molecule has 1 amide bonds. The van der Waals surface area contributed by atoms with Crippen LogP contribution in [-0.2, 0) is 0 Å². The number of allylic oxidation sites excluding steroid dienone is 2. The second-order valence-corrected chi connectivity index (χ2v) is 9.45. The van der Waals surface area contributed by atoms with Crippen molar-refractivity contribution in [2.24, 2.45) is 5.92 Å². The van der Waals surface area contributed by atoms with E-state index in [1.807, 2.05) is 6.07 Å². The van der Waals surface area contributed by atoms with Crippen LogP contribution in [0.25, 0.3) is 0 Å². The Kier molecular flexibility index (Phi) is 5.21. The monoisotopic (exact) mass is 450 g/mol. The van der Waals surface area contributed by atoms with E-state index in [-0.39, 0.29) is 5.91 Å². The highest BCUT2D eigenvalue weighted by atomic mass is 79.9. The lowest BCUT2D eigenvalue weighted by molar-refractivity contribution is 0.0761. The van der Waals surface area contributed by atoms with Gasteiger partial charge in [0.05, 0.1) is 6.04 Å². The predicted octanol–water partition coefficient (Wildman–Crippen LogP) is 6.29. The first kappa shape index (κ1) is 18.9. The van der Waals surface area contributed by atoms with Gasteiger partial charge in [0.2, 0.25) is 0 Å². The van der Waals surface area contributed by atoms with Crippen LogP contribution in [0.2, 0.25) is 0 Å². The van der Waals surface area contributed by atoms with Crippen molar-refractivity contribution in [3.63, 3.8) is 0 Å². The number of nitrogens with one attached hydrogen (secondary N) is 1. The molecule has 0 saturated carbocycles. The molecule has 0 radical (unpaired) electrons. The fraction of sp³-hybridized carbons (Fsp3) is 0.400. The van der Waals surface area contributed by atoms with Crippen LogP contribution in [0.15, 0.2) is 59.1 Å². The number of amides is 1. The van der Waals surface area contributed by atoms with Gasteiger partial charge in [-0.15, -0.1) is 0 Å². The van der Waals surface area contributed by atoms with Crippen LogP contribution >= 0.6 is 15.9 Å². The molecule has 2 aromatic rings. The Morgan fingerprint density at radius 3 is 2.52 bits per heavy atom. The molecule has 3 aliphatic rings. The van der Waals surface area contributed by atoms with E-state index in [1.165, 1.54) is 24.0 Å². The molecule has 0 spiro atoms. The molecule has 0 unspecified atom stereocenters. The highest BCUT2D eigenvalue weighted by Crippen LogP contribution is 2.50. The predicted molar refractivity (Wildman–Crippen MR) is 121 cm³/mol. The van der Waals surface area contributed by atoms with Crippen LogP contribution in [0.1, 0.15) is 65.5 Å². The minimum atomic E-state index is 0.197. The van der Waals surface area contributed by atoms with Crippen molar-refractivity contribution in [2.45, 2.75) is 44.1 Å². The molecule has 0 bridgehead atoms. The highest BCUT2D eigenvalue weighted by Gasteiger charge is 2.38. The van der Waals surface area contributed by atoms with Crippen molar-refractivity contribution in [1.82, 2.24) is 4.90 Å². The number of anilines is 1. The van der Waals surface area contributed by atoms with Crippen molar-refractivity contribution in [3.05, 3.63) is 75.8 Å². The molecular weight excluding hydrogens is 424 g/mol. The minimum absolute atomic E-state index is 0.197. The minimum Gasteiger partial charge on any atom is -0.378 e. The summed E-state index contributed by atoms with van der Waals surface area (Å²) in [6, 6.07) is 15.2. The number of carbonyl (C=O) groups excluding carboxylic acids is 1. The summed E-state index contributed by atoms with van der Waals surface area (Å²) < 4.78 is 1.11. The molecule has 0 aromatic heterocycles. The fourth-order valence-electron chi connectivity index (χ4n) is 5.18. The van der Waals surface area contributed by atoms with E-state index in [0.717, 1.165) is 48.1 Å². The third kappa shape index (κ3) is 3.63. The van der Waals surface area contributed by atoms with E-state index in [9.17, 15) is 4.79 Å². The number of hydrogen-bond acceptors (Lipinski definition) is 2. The molecule has 4 heteroatoms. The molecule has 1 fully saturated rings. The van der Waals surface area contributed by atoms with Gasteiger partial charge in [0, 0.05) is 34.7 Å². The van der Waals surface area contributed by atoms with Crippen LogP contribution in [0.4, 0.5) is 5.69 Å². The molecule has 1 N–H and O–H groups in total. The maximum Gasteiger partial charge on any atom is 0.253 e. The van der Waals surface area contributed by atoms with Gasteiger partial charge in [-0.1, -0.05) is 53.1 Å². The van der Waals surface area contributed by atoms with Crippen molar-refractivity contribution in [3.8, 4) is 0 Å². The summed E-state index contributed by atoms with van der Waals surface area (Å²) in [5.41, 5.74) is 4.60. The Bertz CT molecular complexity index is 928. The summed E-state index contributed by atoms with van der Waals surface area (Å²) in [5.74, 6) is 1.06. The molecule has 3 atom stereocenters. The Hall–Kier alpha value is -2.07. The number of nitrogens with zero attached hydrogens (tertiary/aromatic N) is 1. The van der Waals surface area contributed by atoms with E-state index in [0.29, 0.717) is 17.9 Å². The first-order chi connectivity index (χ1) is 14.2. The van der Waals surface area contributed by atoms with Gasteiger partial charge in [0.25, 0.3) is 5.91 Å². The summed E-state index contributed by atoms with van der Waals surface area (Å²) in [5, 5.41) is 3.78.